The van der Waals surface area contributed by atoms with E-state index in [1.165, 1.54) is 12.1 Å². The summed E-state index contributed by atoms with van der Waals surface area (Å²) < 4.78 is 23.4. The summed E-state index contributed by atoms with van der Waals surface area (Å²) in [6.07, 6.45) is 4.95. The molecule has 3 aromatic carbocycles. The lowest BCUT2D eigenvalue weighted by molar-refractivity contribution is 0.102. The van der Waals surface area contributed by atoms with Gasteiger partial charge < -0.3 is 14.6 Å². The van der Waals surface area contributed by atoms with E-state index >= 15 is 0 Å². The van der Waals surface area contributed by atoms with Crippen molar-refractivity contribution in [3.63, 3.8) is 0 Å². The topological polar surface area (TPSA) is 47.7 Å². The van der Waals surface area contributed by atoms with E-state index in [0.29, 0.717) is 17.1 Å². The van der Waals surface area contributed by atoms with Gasteiger partial charge in [0.15, 0.2) is 0 Å². The highest BCUT2D eigenvalue weighted by molar-refractivity contribution is 6.10. The van der Waals surface area contributed by atoms with Gasteiger partial charge in [0.1, 0.15) is 22.9 Å². The Morgan fingerprint density at radius 2 is 1.67 bits per heavy atom. The van der Waals surface area contributed by atoms with Crippen LogP contribution in [0.5, 0.6) is 5.75 Å². The highest BCUT2D eigenvalue weighted by Crippen LogP contribution is 2.40. The Kier molecular flexibility index (Phi) is 5.56. The molecule has 1 aliphatic rings. The van der Waals surface area contributed by atoms with E-state index in [2.05, 4.69) is 22.0 Å². The maximum atomic E-state index is 14.0. The van der Waals surface area contributed by atoms with Crippen LogP contribution in [0.15, 0.2) is 85.1 Å². The minimum absolute atomic E-state index is 0.206. The molecule has 5 nitrogen and oxygen atoms in total. The van der Waals surface area contributed by atoms with Crippen LogP contribution in [0.3, 0.4) is 0 Å². The largest absolute Gasteiger partial charge is 0.495 e. The highest BCUT2D eigenvalue weighted by Gasteiger charge is 2.29. The summed E-state index contributed by atoms with van der Waals surface area (Å²) in [5, 5.41) is 3.09. The molecule has 0 atom stereocenters. The molecule has 6 heteroatoms. The summed E-state index contributed by atoms with van der Waals surface area (Å²) >= 11 is 0. The molecule has 36 heavy (non-hydrogen) atoms. The van der Waals surface area contributed by atoms with E-state index in [-0.39, 0.29) is 11.7 Å². The van der Waals surface area contributed by atoms with Gasteiger partial charge in [0.2, 0.25) is 0 Å². The first-order valence-electron chi connectivity index (χ1n) is 12.2. The first kappa shape index (κ1) is 22.2. The summed E-state index contributed by atoms with van der Waals surface area (Å²) in [7, 11) is 1.59. The predicted molar refractivity (Wildman–Crippen MR) is 140 cm³/mol. The number of para-hydroxylation sites is 2. The van der Waals surface area contributed by atoms with Gasteiger partial charge in [-0.15, -0.1) is 0 Å². The maximum Gasteiger partial charge on any atom is 0.273 e. The molecular weight excluding hydrogens is 453 g/mol. The average Bonchev–Trinajstić information content (AvgIpc) is 3.33. The number of anilines is 1. The second-order valence-electron chi connectivity index (χ2n) is 9.05. The van der Waals surface area contributed by atoms with Gasteiger partial charge in [-0.25, -0.2) is 4.39 Å². The standard InChI is InChI=1S/C30H26FN3O2/c1-36-26-13-6-5-12-24(26)32-29(35)28-27(21-9-3-2-4-10-21)23-11-7-8-18-33-25(19-34(28)30(23)33)20-14-16-22(31)17-15-20/h2-6,9-10,12-17,19H,7-8,11,18H2,1H3,(H,32,35). The Labute approximate surface area is 208 Å². The van der Waals surface area contributed by atoms with Crippen LogP contribution in [0.4, 0.5) is 10.1 Å². The minimum Gasteiger partial charge on any atom is -0.495 e. The molecule has 180 valence electrons. The Balaban J connectivity index is 1.60. The van der Waals surface area contributed by atoms with Gasteiger partial charge in [0.25, 0.3) is 5.91 Å². The first-order chi connectivity index (χ1) is 17.7. The minimum atomic E-state index is -0.267. The molecule has 0 fully saturated rings. The molecule has 6 rings (SSSR count). The number of hydrogen-bond acceptors (Lipinski definition) is 2. The number of halogens is 1. The van der Waals surface area contributed by atoms with Crippen LogP contribution in [0.1, 0.15) is 28.9 Å². The van der Waals surface area contributed by atoms with E-state index in [9.17, 15) is 9.18 Å². The molecular formula is C30H26FN3O2. The maximum absolute atomic E-state index is 14.0. The molecule has 0 aliphatic carbocycles. The number of imidazole rings is 1. The quantitative estimate of drug-likeness (QED) is 0.301. The monoisotopic (exact) mass is 479 g/mol. The summed E-state index contributed by atoms with van der Waals surface area (Å²) in [5.74, 6) is 0.130. The van der Waals surface area contributed by atoms with Crippen LogP contribution in [0, 0.1) is 5.82 Å². The van der Waals surface area contributed by atoms with Gasteiger partial charge >= 0.3 is 0 Å². The molecule has 0 radical (unpaired) electrons. The lowest BCUT2D eigenvalue weighted by atomic mass is 9.98. The van der Waals surface area contributed by atoms with Gasteiger partial charge in [-0.3, -0.25) is 9.20 Å². The van der Waals surface area contributed by atoms with Crippen LogP contribution in [0.2, 0.25) is 0 Å². The third-order valence-corrected chi connectivity index (χ3v) is 6.91. The second-order valence-corrected chi connectivity index (χ2v) is 9.05. The molecule has 0 spiro atoms. The summed E-state index contributed by atoms with van der Waals surface area (Å²) in [5.41, 5.74) is 7.25. The van der Waals surface area contributed by atoms with Crippen LogP contribution >= 0.6 is 0 Å². The van der Waals surface area contributed by atoms with Crippen molar-refractivity contribution in [3.05, 3.63) is 102 Å². The van der Waals surface area contributed by atoms with Crippen molar-refractivity contribution in [1.29, 1.82) is 0 Å². The molecule has 0 saturated heterocycles. The molecule has 0 saturated carbocycles. The van der Waals surface area contributed by atoms with Crippen molar-refractivity contribution in [2.75, 3.05) is 12.4 Å². The Hall–Kier alpha value is -4.32. The smallest absolute Gasteiger partial charge is 0.273 e. The van der Waals surface area contributed by atoms with Gasteiger partial charge in [-0.1, -0.05) is 42.5 Å². The number of nitrogens with zero attached hydrogens (tertiary/aromatic N) is 2. The molecule has 1 N–H and O–H groups in total. The van der Waals surface area contributed by atoms with Crippen molar-refractivity contribution in [2.45, 2.75) is 25.8 Å². The number of rotatable bonds is 5. The van der Waals surface area contributed by atoms with Gasteiger partial charge in [-0.05, 0) is 66.8 Å². The number of aryl methyl sites for hydroxylation is 2. The normalized spacial score (nSPS) is 12.9. The fourth-order valence-electron chi connectivity index (χ4n) is 5.31. The molecule has 5 aromatic rings. The fourth-order valence-corrected chi connectivity index (χ4v) is 5.31. The van der Waals surface area contributed by atoms with Crippen molar-refractivity contribution in [2.24, 2.45) is 0 Å². The van der Waals surface area contributed by atoms with Crippen molar-refractivity contribution >= 4 is 17.2 Å². The number of aromatic nitrogens is 2. The molecule has 0 unspecified atom stereocenters. The number of ether oxygens (including phenoxy) is 1. The molecule has 1 aliphatic heterocycles. The van der Waals surface area contributed by atoms with Crippen LogP contribution in [-0.4, -0.2) is 22.0 Å². The van der Waals surface area contributed by atoms with E-state index in [0.717, 1.165) is 59.4 Å². The number of methoxy groups -OCH3 is 1. The molecule has 0 bridgehead atoms. The second kappa shape index (κ2) is 9.04. The Morgan fingerprint density at radius 1 is 0.917 bits per heavy atom. The van der Waals surface area contributed by atoms with Crippen LogP contribution < -0.4 is 10.1 Å². The molecule has 2 aromatic heterocycles. The number of nitrogens with one attached hydrogen (secondary N) is 1. The summed E-state index contributed by atoms with van der Waals surface area (Å²) in [6, 6.07) is 24.1. The number of hydrogen-bond donors (Lipinski definition) is 1. The number of amides is 1. The molecule has 1 amide bonds. The van der Waals surface area contributed by atoms with Gasteiger partial charge in [0.05, 0.1) is 18.5 Å². The Morgan fingerprint density at radius 3 is 2.44 bits per heavy atom. The zero-order valence-corrected chi connectivity index (χ0v) is 20.0. The van der Waals surface area contributed by atoms with E-state index in [1.807, 2.05) is 53.1 Å². The third-order valence-electron chi connectivity index (χ3n) is 6.91. The first-order valence-corrected chi connectivity index (χ1v) is 12.2. The SMILES string of the molecule is COc1ccccc1NC(=O)c1c(-c2ccccc2)c2c3n(c(-c4ccc(F)cc4)cn13)CCCC2. The van der Waals surface area contributed by atoms with E-state index in [4.69, 9.17) is 4.74 Å². The molecule has 3 heterocycles. The number of carbonyl (C=O) groups is 1. The van der Waals surface area contributed by atoms with Crippen molar-refractivity contribution in [3.8, 4) is 28.1 Å². The number of benzene rings is 3. The Bertz CT molecular complexity index is 1570. The van der Waals surface area contributed by atoms with Crippen molar-refractivity contribution < 1.29 is 13.9 Å². The average molecular weight is 480 g/mol. The van der Waals surface area contributed by atoms with Crippen molar-refractivity contribution in [1.82, 2.24) is 8.97 Å². The highest BCUT2D eigenvalue weighted by atomic mass is 19.1. The summed E-state index contributed by atoms with van der Waals surface area (Å²) in [6.45, 7) is 0.835. The van der Waals surface area contributed by atoms with Crippen LogP contribution in [-0.2, 0) is 13.0 Å². The fraction of sp³-hybridized carbons (Fsp3) is 0.167. The van der Waals surface area contributed by atoms with Gasteiger partial charge in [-0.2, -0.15) is 0 Å². The summed E-state index contributed by atoms with van der Waals surface area (Å²) in [4.78, 5) is 14.0. The number of carbonyl (C=O) groups excluding carboxylic acids is 1. The van der Waals surface area contributed by atoms with Crippen LogP contribution in [0.25, 0.3) is 28.0 Å². The van der Waals surface area contributed by atoms with E-state index < -0.39 is 0 Å². The zero-order chi connectivity index (χ0) is 24.6. The predicted octanol–water partition coefficient (Wildman–Crippen LogP) is 6.81. The third kappa shape index (κ3) is 3.66. The lowest BCUT2D eigenvalue weighted by Crippen LogP contribution is -2.16. The lowest BCUT2D eigenvalue weighted by Gasteiger charge is -2.12. The zero-order valence-electron chi connectivity index (χ0n) is 20.0. The van der Waals surface area contributed by atoms with E-state index in [1.54, 1.807) is 19.2 Å². The van der Waals surface area contributed by atoms with Gasteiger partial charge in [0, 0.05) is 23.9 Å².